The fourth-order valence-corrected chi connectivity index (χ4v) is 0.894. The van der Waals surface area contributed by atoms with E-state index in [1.165, 1.54) is 18.7 Å². The SMILES string of the molecule is CC(C)(CO)CNC(=O)c1cncnc1. The molecule has 0 bridgehead atoms. The van der Waals surface area contributed by atoms with Crippen molar-refractivity contribution in [3.63, 3.8) is 0 Å². The molecular formula is C10H15N3O2. The Balaban J connectivity index is 2.51. The molecule has 0 fully saturated rings. The van der Waals surface area contributed by atoms with Gasteiger partial charge >= 0.3 is 0 Å². The van der Waals surface area contributed by atoms with Crippen molar-refractivity contribution in [2.75, 3.05) is 13.2 Å². The number of nitrogens with one attached hydrogen (secondary N) is 1. The maximum atomic E-state index is 11.5. The standard InChI is InChI=1S/C10H15N3O2/c1-10(2,6-14)5-13-9(15)8-3-11-7-12-4-8/h3-4,7,14H,5-6H2,1-2H3,(H,13,15). The Labute approximate surface area is 88.6 Å². The predicted octanol–water partition coefficient (Wildman–Crippen LogP) is 0.225. The lowest BCUT2D eigenvalue weighted by atomic mass is 9.95. The minimum atomic E-state index is -0.314. The number of hydrogen-bond donors (Lipinski definition) is 2. The highest BCUT2D eigenvalue weighted by Crippen LogP contribution is 2.11. The summed E-state index contributed by atoms with van der Waals surface area (Å²) < 4.78 is 0. The number of aliphatic hydroxyl groups is 1. The highest BCUT2D eigenvalue weighted by atomic mass is 16.3. The summed E-state index contributed by atoms with van der Waals surface area (Å²) in [6.45, 7) is 4.18. The number of rotatable bonds is 4. The summed E-state index contributed by atoms with van der Waals surface area (Å²) in [5.41, 5.74) is 0.108. The van der Waals surface area contributed by atoms with E-state index in [0.717, 1.165) is 0 Å². The molecule has 0 spiro atoms. The predicted molar refractivity (Wildman–Crippen MR) is 55.2 cm³/mol. The van der Waals surface area contributed by atoms with Crippen LogP contribution in [0.25, 0.3) is 0 Å². The fourth-order valence-electron chi connectivity index (χ4n) is 0.894. The first-order valence-corrected chi connectivity index (χ1v) is 4.69. The van der Waals surface area contributed by atoms with Gasteiger partial charge in [-0.2, -0.15) is 0 Å². The number of carbonyl (C=O) groups excluding carboxylic acids is 1. The van der Waals surface area contributed by atoms with Gasteiger partial charge in [0.05, 0.1) is 5.56 Å². The molecule has 2 N–H and O–H groups in total. The van der Waals surface area contributed by atoms with Crippen molar-refractivity contribution < 1.29 is 9.90 Å². The summed E-state index contributed by atoms with van der Waals surface area (Å²) in [6, 6.07) is 0. The molecule has 0 aliphatic carbocycles. The van der Waals surface area contributed by atoms with E-state index in [1.807, 2.05) is 13.8 Å². The number of amides is 1. The Morgan fingerprint density at radius 1 is 1.47 bits per heavy atom. The van der Waals surface area contributed by atoms with E-state index in [-0.39, 0.29) is 17.9 Å². The smallest absolute Gasteiger partial charge is 0.254 e. The molecule has 15 heavy (non-hydrogen) atoms. The molecule has 82 valence electrons. The lowest BCUT2D eigenvalue weighted by Crippen LogP contribution is -2.36. The summed E-state index contributed by atoms with van der Waals surface area (Å²) in [6.07, 6.45) is 4.27. The molecule has 1 heterocycles. The molecule has 0 saturated carbocycles. The highest BCUT2D eigenvalue weighted by Gasteiger charge is 2.17. The summed E-state index contributed by atoms with van der Waals surface area (Å²) in [5.74, 6) is -0.225. The van der Waals surface area contributed by atoms with Gasteiger partial charge < -0.3 is 10.4 Å². The largest absolute Gasteiger partial charge is 0.396 e. The van der Waals surface area contributed by atoms with Crippen molar-refractivity contribution in [2.24, 2.45) is 5.41 Å². The van der Waals surface area contributed by atoms with Gasteiger partial charge in [0, 0.05) is 31.0 Å². The monoisotopic (exact) mass is 209 g/mol. The number of hydrogen-bond acceptors (Lipinski definition) is 4. The first-order chi connectivity index (χ1) is 7.05. The summed E-state index contributed by atoms with van der Waals surface area (Å²) in [4.78, 5) is 19.0. The second-order valence-electron chi connectivity index (χ2n) is 4.13. The molecule has 0 unspecified atom stereocenters. The van der Waals surface area contributed by atoms with Crippen molar-refractivity contribution in [3.8, 4) is 0 Å². The van der Waals surface area contributed by atoms with Gasteiger partial charge in [0.2, 0.25) is 0 Å². The Bertz CT molecular complexity index is 325. The van der Waals surface area contributed by atoms with E-state index in [4.69, 9.17) is 5.11 Å². The van der Waals surface area contributed by atoms with Crippen LogP contribution in [0.2, 0.25) is 0 Å². The maximum Gasteiger partial charge on any atom is 0.254 e. The molecule has 0 saturated heterocycles. The van der Waals surface area contributed by atoms with Crippen LogP contribution in [0, 0.1) is 5.41 Å². The minimum Gasteiger partial charge on any atom is -0.396 e. The van der Waals surface area contributed by atoms with Crippen molar-refractivity contribution >= 4 is 5.91 Å². The number of carbonyl (C=O) groups is 1. The van der Waals surface area contributed by atoms with Crippen molar-refractivity contribution in [1.82, 2.24) is 15.3 Å². The van der Waals surface area contributed by atoms with Gasteiger partial charge in [0.25, 0.3) is 5.91 Å². The van der Waals surface area contributed by atoms with Crippen molar-refractivity contribution in [1.29, 1.82) is 0 Å². The molecule has 1 rings (SSSR count). The zero-order valence-corrected chi connectivity index (χ0v) is 8.90. The zero-order valence-electron chi connectivity index (χ0n) is 8.90. The van der Waals surface area contributed by atoms with Crippen LogP contribution in [-0.4, -0.2) is 34.1 Å². The zero-order chi connectivity index (χ0) is 11.3. The third kappa shape index (κ3) is 3.63. The van der Waals surface area contributed by atoms with Gasteiger partial charge in [0.1, 0.15) is 6.33 Å². The fraction of sp³-hybridized carbons (Fsp3) is 0.500. The lowest BCUT2D eigenvalue weighted by Gasteiger charge is -2.21. The van der Waals surface area contributed by atoms with Gasteiger partial charge in [-0.25, -0.2) is 9.97 Å². The average molecular weight is 209 g/mol. The van der Waals surface area contributed by atoms with Crippen LogP contribution in [0.5, 0.6) is 0 Å². The summed E-state index contributed by atoms with van der Waals surface area (Å²) in [7, 11) is 0. The number of nitrogens with zero attached hydrogens (tertiary/aromatic N) is 2. The normalized spacial score (nSPS) is 11.1. The van der Waals surface area contributed by atoms with Crippen LogP contribution in [0.15, 0.2) is 18.7 Å². The van der Waals surface area contributed by atoms with Gasteiger partial charge in [-0.15, -0.1) is 0 Å². The molecule has 1 aromatic heterocycles. The van der Waals surface area contributed by atoms with Crippen LogP contribution in [-0.2, 0) is 0 Å². The molecular weight excluding hydrogens is 194 g/mol. The van der Waals surface area contributed by atoms with E-state index in [1.54, 1.807) is 0 Å². The minimum absolute atomic E-state index is 0.0264. The molecule has 0 aliphatic rings. The van der Waals surface area contributed by atoms with Gasteiger partial charge in [-0.3, -0.25) is 4.79 Å². The van der Waals surface area contributed by atoms with E-state index in [9.17, 15) is 4.79 Å². The Kier molecular flexibility index (Phi) is 3.74. The second kappa shape index (κ2) is 4.84. The second-order valence-corrected chi connectivity index (χ2v) is 4.13. The van der Waals surface area contributed by atoms with Gasteiger partial charge in [-0.1, -0.05) is 13.8 Å². The molecule has 1 amide bonds. The first-order valence-electron chi connectivity index (χ1n) is 4.69. The molecule has 0 aliphatic heterocycles. The first kappa shape index (κ1) is 11.6. The van der Waals surface area contributed by atoms with Crippen LogP contribution in [0.1, 0.15) is 24.2 Å². The molecule has 0 aromatic carbocycles. The molecule has 1 aromatic rings. The third-order valence-corrected chi connectivity index (χ3v) is 1.98. The summed E-state index contributed by atoms with van der Waals surface area (Å²) in [5, 5.41) is 11.7. The number of aromatic nitrogens is 2. The molecule has 5 nitrogen and oxygen atoms in total. The lowest BCUT2D eigenvalue weighted by molar-refractivity contribution is 0.0910. The molecule has 5 heteroatoms. The molecule has 0 radical (unpaired) electrons. The van der Waals surface area contributed by atoms with Crippen LogP contribution < -0.4 is 5.32 Å². The molecule has 0 atom stereocenters. The van der Waals surface area contributed by atoms with Crippen LogP contribution in [0.4, 0.5) is 0 Å². The van der Waals surface area contributed by atoms with Crippen LogP contribution >= 0.6 is 0 Å². The van der Waals surface area contributed by atoms with E-state index < -0.39 is 0 Å². The van der Waals surface area contributed by atoms with Crippen molar-refractivity contribution in [3.05, 3.63) is 24.3 Å². The quantitative estimate of drug-likeness (QED) is 0.744. The van der Waals surface area contributed by atoms with Crippen molar-refractivity contribution in [2.45, 2.75) is 13.8 Å². The van der Waals surface area contributed by atoms with E-state index in [0.29, 0.717) is 12.1 Å². The highest BCUT2D eigenvalue weighted by molar-refractivity contribution is 5.93. The summed E-state index contributed by atoms with van der Waals surface area (Å²) >= 11 is 0. The van der Waals surface area contributed by atoms with E-state index in [2.05, 4.69) is 15.3 Å². The number of aliphatic hydroxyl groups excluding tert-OH is 1. The topological polar surface area (TPSA) is 75.1 Å². The average Bonchev–Trinajstić information content (AvgIpc) is 2.27. The van der Waals surface area contributed by atoms with Crippen LogP contribution in [0.3, 0.4) is 0 Å². The van der Waals surface area contributed by atoms with Gasteiger partial charge in [0.15, 0.2) is 0 Å². The Morgan fingerprint density at radius 3 is 2.60 bits per heavy atom. The Hall–Kier alpha value is -1.49. The Morgan fingerprint density at radius 2 is 2.07 bits per heavy atom. The third-order valence-electron chi connectivity index (χ3n) is 1.98. The van der Waals surface area contributed by atoms with Gasteiger partial charge in [-0.05, 0) is 0 Å². The van der Waals surface area contributed by atoms with E-state index >= 15 is 0 Å². The maximum absolute atomic E-state index is 11.5.